The molecule has 0 bridgehead atoms. The van der Waals surface area contributed by atoms with Crippen LogP contribution in [0.3, 0.4) is 0 Å². The van der Waals surface area contributed by atoms with E-state index in [1.165, 1.54) is 0 Å². The van der Waals surface area contributed by atoms with Crippen LogP contribution in [0.25, 0.3) is 0 Å². The fraction of sp³-hybridized carbons (Fsp3) is 0.364. The number of carbonyl (C=O) groups excluding carboxylic acids is 2. The molecule has 150 valence electrons. The molecule has 0 aliphatic carbocycles. The van der Waals surface area contributed by atoms with Crippen LogP contribution in [0.1, 0.15) is 32.8 Å². The van der Waals surface area contributed by atoms with Crippen LogP contribution < -0.4 is 15.4 Å². The highest BCUT2D eigenvalue weighted by Gasteiger charge is 2.24. The second-order valence-electron chi connectivity index (χ2n) is 7.44. The largest absolute Gasteiger partial charge is 0.497 e. The van der Waals surface area contributed by atoms with E-state index in [9.17, 15) is 9.59 Å². The maximum absolute atomic E-state index is 12.8. The van der Waals surface area contributed by atoms with E-state index >= 15 is 0 Å². The first-order valence-electron chi connectivity index (χ1n) is 9.25. The van der Waals surface area contributed by atoms with Gasteiger partial charge < -0.3 is 20.1 Å². The van der Waals surface area contributed by atoms with Crippen molar-refractivity contribution in [1.82, 2.24) is 5.32 Å². The van der Waals surface area contributed by atoms with E-state index in [4.69, 9.17) is 9.47 Å². The topological polar surface area (TPSA) is 76.7 Å². The number of nitrogens with one attached hydrogen (secondary N) is 2. The lowest BCUT2D eigenvalue weighted by Crippen LogP contribution is -2.46. The Kier molecular flexibility index (Phi) is 7.44. The summed E-state index contributed by atoms with van der Waals surface area (Å²) in [4.78, 5) is 25.0. The first-order valence-corrected chi connectivity index (χ1v) is 9.25. The number of methoxy groups -OCH3 is 1. The van der Waals surface area contributed by atoms with E-state index in [0.29, 0.717) is 24.3 Å². The second-order valence-corrected chi connectivity index (χ2v) is 7.44. The van der Waals surface area contributed by atoms with Crippen LogP contribution in [-0.2, 0) is 16.0 Å². The van der Waals surface area contributed by atoms with Gasteiger partial charge in [-0.1, -0.05) is 30.3 Å². The van der Waals surface area contributed by atoms with Gasteiger partial charge in [0, 0.05) is 5.69 Å². The summed E-state index contributed by atoms with van der Waals surface area (Å²) in [5, 5.41) is 5.52. The zero-order chi connectivity index (χ0) is 20.6. The third-order valence-electron chi connectivity index (χ3n) is 3.93. The Bertz CT molecular complexity index is 767. The molecule has 0 unspecified atom stereocenters. The van der Waals surface area contributed by atoms with Gasteiger partial charge in [-0.05, 0) is 63.4 Å². The fourth-order valence-corrected chi connectivity index (χ4v) is 2.58. The van der Waals surface area contributed by atoms with Crippen molar-refractivity contribution < 1.29 is 19.1 Å². The Morgan fingerprint density at radius 2 is 1.64 bits per heavy atom. The SMILES string of the molecule is COc1ccc(NC(=O)[C@@H](CCc2ccccc2)NC(=O)OC(C)(C)C)cc1. The summed E-state index contributed by atoms with van der Waals surface area (Å²) >= 11 is 0. The van der Waals surface area contributed by atoms with E-state index in [-0.39, 0.29) is 5.91 Å². The number of alkyl carbamates (subject to hydrolysis) is 1. The minimum atomic E-state index is -0.725. The Morgan fingerprint density at radius 3 is 2.21 bits per heavy atom. The second kappa shape index (κ2) is 9.78. The highest BCUT2D eigenvalue weighted by molar-refractivity contribution is 5.96. The molecular formula is C22H28N2O4. The van der Waals surface area contributed by atoms with Gasteiger partial charge in [-0.3, -0.25) is 4.79 Å². The number of carbonyl (C=O) groups is 2. The zero-order valence-corrected chi connectivity index (χ0v) is 16.8. The first-order chi connectivity index (χ1) is 13.3. The van der Waals surface area contributed by atoms with Gasteiger partial charge in [0.05, 0.1) is 7.11 Å². The smallest absolute Gasteiger partial charge is 0.408 e. The summed E-state index contributed by atoms with van der Waals surface area (Å²) < 4.78 is 10.4. The molecule has 6 nitrogen and oxygen atoms in total. The lowest BCUT2D eigenvalue weighted by Gasteiger charge is -2.23. The van der Waals surface area contributed by atoms with Crippen LogP contribution in [0.5, 0.6) is 5.75 Å². The Hall–Kier alpha value is -3.02. The van der Waals surface area contributed by atoms with Crippen molar-refractivity contribution in [2.45, 2.75) is 45.3 Å². The molecular weight excluding hydrogens is 356 g/mol. The third kappa shape index (κ3) is 7.31. The number of anilines is 1. The molecule has 2 N–H and O–H groups in total. The van der Waals surface area contributed by atoms with Crippen LogP contribution in [0.4, 0.5) is 10.5 Å². The molecule has 0 aliphatic rings. The van der Waals surface area contributed by atoms with Crippen molar-refractivity contribution in [3.05, 3.63) is 60.2 Å². The lowest BCUT2D eigenvalue weighted by molar-refractivity contribution is -0.118. The average molecular weight is 384 g/mol. The molecule has 2 aromatic rings. The van der Waals surface area contributed by atoms with E-state index in [1.807, 2.05) is 30.3 Å². The predicted octanol–water partition coefficient (Wildman–Crippen LogP) is 4.16. The van der Waals surface area contributed by atoms with E-state index in [1.54, 1.807) is 52.1 Å². The average Bonchev–Trinajstić information content (AvgIpc) is 2.65. The Balaban J connectivity index is 2.06. The minimum absolute atomic E-state index is 0.299. The summed E-state index contributed by atoms with van der Waals surface area (Å²) in [6.07, 6.45) is 0.484. The van der Waals surface area contributed by atoms with Gasteiger partial charge in [0.15, 0.2) is 0 Å². The zero-order valence-electron chi connectivity index (χ0n) is 16.8. The van der Waals surface area contributed by atoms with E-state index < -0.39 is 17.7 Å². The lowest BCUT2D eigenvalue weighted by atomic mass is 10.0. The molecule has 0 aromatic heterocycles. The number of aryl methyl sites for hydroxylation is 1. The molecule has 0 saturated carbocycles. The normalized spacial score (nSPS) is 12.0. The van der Waals surface area contributed by atoms with Gasteiger partial charge >= 0.3 is 6.09 Å². The summed E-state index contributed by atoms with van der Waals surface area (Å²) in [6, 6.07) is 16.1. The van der Waals surface area contributed by atoms with Crippen molar-refractivity contribution in [2.75, 3.05) is 12.4 Å². The number of rotatable bonds is 7. The maximum atomic E-state index is 12.8. The number of amides is 2. The first kappa shape index (κ1) is 21.3. The van der Waals surface area contributed by atoms with Crippen molar-refractivity contribution in [1.29, 1.82) is 0 Å². The molecule has 2 rings (SSSR count). The molecule has 0 spiro atoms. The van der Waals surface area contributed by atoms with Gasteiger partial charge in [-0.25, -0.2) is 4.79 Å². The summed E-state index contributed by atoms with van der Waals surface area (Å²) in [6.45, 7) is 5.34. The molecule has 0 aliphatic heterocycles. The molecule has 0 heterocycles. The summed E-state index contributed by atoms with van der Waals surface area (Å²) in [7, 11) is 1.58. The van der Waals surface area contributed by atoms with Gasteiger partial charge in [0.2, 0.25) is 5.91 Å². The third-order valence-corrected chi connectivity index (χ3v) is 3.93. The number of hydrogen-bond donors (Lipinski definition) is 2. The van der Waals surface area contributed by atoms with Crippen LogP contribution in [-0.4, -0.2) is 30.8 Å². The van der Waals surface area contributed by atoms with Gasteiger partial charge in [0.1, 0.15) is 17.4 Å². The van der Waals surface area contributed by atoms with Crippen LogP contribution in [0.2, 0.25) is 0 Å². The minimum Gasteiger partial charge on any atom is -0.497 e. The van der Waals surface area contributed by atoms with Gasteiger partial charge in [-0.15, -0.1) is 0 Å². The van der Waals surface area contributed by atoms with Gasteiger partial charge in [0.25, 0.3) is 0 Å². The molecule has 28 heavy (non-hydrogen) atoms. The maximum Gasteiger partial charge on any atom is 0.408 e. The highest BCUT2D eigenvalue weighted by Crippen LogP contribution is 2.16. The van der Waals surface area contributed by atoms with Crippen molar-refractivity contribution in [3.8, 4) is 5.75 Å². The number of ether oxygens (including phenoxy) is 2. The Morgan fingerprint density at radius 1 is 1.00 bits per heavy atom. The Labute approximate surface area is 166 Å². The molecule has 0 radical (unpaired) electrons. The van der Waals surface area contributed by atoms with E-state index in [2.05, 4.69) is 10.6 Å². The van der Waals surface area contributed by atoms with Crippen molar-refractivity contribution >= 4 is 17.7 Å². The molecule has 1 atom stereocenters. The highest BCUT2D eigenvalue weighted by atomic mass is 16.6. The molecule has 2 amide bonds. The number of hydrogen-bond acceptors (Lipinski definition) is 4. The molecule has 6 heteroatoms. The van der Waals surface area contributed by atoms with Crippen molar-refractivity contribution in [2.24, 2.45) is 0 Å². The predicted molar refractivity (Wildman–Crippen MR) is 110 cm³/mol. The standard InChI is InChI=1S/C22H28N2O4/c1-22(2,3)28-21(26)24-19(15-10-16-8-6-5-7-9-16)20(25)23-17-11-13-18(27-4)14-12-17/h5-9,11-14,19H,10,15H2,1-4H3,(H,23,25)(H,24,26)/t19-/m1/s1. The van der Waals surface area contributed by atoms with Crippen LogP contribution in [0.15, 0.2) is 54.6 Å². The van der Waals surface area contributed by atoms with E-state index in [0.717, 1.165) is 5.56 Å². The quantitative estimate of drug-likeness (QED) is 0.751. The fourth-order valence-electron chi connectivity index (χ4n) is 2.58. The molecule has 2 aromatic carbocycles. The number of benzene rings is 2. The summed E-state index contributed by atoms with van der Waals surface area (Å²) in [5.74, 6) is 0.400. The molecule has 0 fully saturated rings. The van der Waals surface area contributed by atoms with Crippen LogP contribution >= 0.6 is 0 Å². The van der Waals surface area contributed by atoms with Crippen molar-refractivity contribution in [3.63, 3.8) is 0 Å². The monoisotopic (exact) mass is 384 g/mol. The van der Waals surface area contributed by atoms with Crippen LogP contribution in [0, 0.1) is 0 Å². The molecule has 0 saturated heterocycles. The summed E-state index contributed by atoms with van der Waals surface area (Å²) in [5.41, 5.74) is 1.08. The van der Waals surface area contributed by atoms with Gasteiger partial charge in [-0.2, -0.15) is 0 Å².